The van der Waals surface area contributed by atoms with Gasteiger partial charge in [0.2, 0.25) is 0 Å². The van der Waals surface area contributed by atoms with Crippen LogP contribution < -0.4 is 10.4 Å². The van der Waals surface area contributed by atoms with E-state index in [9.17, 15) is 4.79 Å². The third-order valence-electron chi connectivity index (χ3n) is 4.20. The van der Waals surface area contributed by atoms with Gasteiger partial charge in [-0.3, -0.25) is 4.90 Å². The van der Waals surface area contributed by atoms with Crippen molar-refractivity contribution in [3.8, 4) is 0 Å². The number of cyclic esters (lactones) is 1. The molecule has 2 radical (unpaired) electrons. The Morgan fingerprint density at radius 3 is 2.65 bits per heavy atom. The molecule has 3 nitrogen and oxygen atoms in total. The van der Waals surface area contributed by atoms with Crippen molar-refractivity contribution in [2.24, 2.45) is 0 Å². The molecule has 23 heavy (non-hydrogen) atoms. The lowest BCUT2D eigenvalue weighted by atomic mass is 9.85. The number of ether oxygens (including phenoxy) is 1. The third kappa shape index (κ3) is 3.02. The van der Waals surface area contributed by atoms with Crippen molar-refractivity contribution >= 4 is 25.1 Å². The van der Waals surface area contributed by atoms with E-state index in [1.165, 1.54) is 0 Å². The van der Waals surface area contributed by atoms with Gasteiger partial charge in [0.05, 0.1) is 0 Å². The molecule has 1 heterocycles. The maximum Gasteiger partial charge on any atom is 0.415 e. The van der Waals surface area contributed by atoms with Crippen LogP contribution in [-0.4, -0.2) is 20.5 Å². The fourth-order valence-corrected chi connectivity index (χ4v) is 3.02. The highest BCUT2D eigenvalue weighted by atomic mass is 16.6. The maximum absolute atomic E-state index is 12.6. The van der Waals surface area contributed by atoms with Crippen LogP contribution >= 0.6 is 0 Å². The summed E-state index contributed by atoms with van der Waals surface area (Å²) in [5.74, 6) is 0. The quantitative estimate of drug-likeness (QED) is 0.640. The first-order chi connectivity index (χ1) is 11.1. The van der Waals surface area contributed by atoms with Gasteiger partial charge < -0.3 is 4.74 Å². The van der Waals surface area contributed by atoms with Crippen molar-refractivity contribution in [2.45, 2.75) is 18.4 Å². The van der Waals surface area contributed by atoms with Gasteiger partial charge in [0.1, 0.15) is 13.4 Å². The summed E-state index contributed by atoms with van der Waals surface area (Å²) < 4.78 is 5.88. The Kier molecular flexibility index (Phi) is 4.24. The van der Waals surface area contributed by atoms with E-state index in [1.807, 2.05) is 42.5 Å². The molecule has 2 aromatic carbocycles. The largest absolute Gasteiger partial charge is 0.437 e. The van der Waals surface area contributed by atoms with Crippen LogP contribution in [0.4, 0.5) is 10.5 Å². The molecule has 0 saturated carbocycles. The zero-order valence-corrected chi connectivity index (χ0v) is 12.9. The lowest BCUT2D eigenvalue weighted by molar-refractivity contribution is -0.00681. The van der Waals surface area contributed by atoms with E-state index in [0.717, 1.165) is 11.3 Å². The molecular formula is C19H18BNO2. The molecule has 1 atom stereocenters. The summed E-state index contributed by atoms with van der Waals surface area (Å²) in [4.78, 5) is 14.2. The predicted molar refractivity (Wildman–Crippen MR) is 93.2 cm³/mol. The molecule has 1 unspecified atom stereocenters. The first-order valence-electron chi connectivity index (χ1n) is 7.67. The Morgan fingerprint density at radius 1 is 1.22 bits per heavy atom. The summed E-state index contributed by atoms with van der Waals surface area (Å²) in [6.45, 7) is 4.39. The lowest BCUT2D eigenvalue weighted by Gasteiger charge is -2.41. The lowest BCUT2D eigenvalue weighted by Crippen LogP contribution is -2.48. The highest BCUT2D eigenvalue weighted by Gasteiger charge is 2.41. The molecule has 4 heteroatoms. The number of anilines is 1. The molecule has 1 amide bonds. The van der Waals surface area contributed by atoms with Gasteiger partial charge in [-0.2, -0.15) is 0 Å². The van der Waals surface area contributed by atoms with Crippen LogP contribution in [0.2, 0.25) is 0 Å². The molecule has 114 valence electrons. The van der Waals surface area contributed by atoms with Gasteiger partial charge in [0.25, 0.3) is 0 Å². The van der Waals surface area contributed by atoms with Crippen LogP contribution in [0.5, 0.6) is 0 Å². The molecule has 1 aliphatic heterocycles. The van der Waals surface area contributed by atoms with Crippen LogP contribution in [0.15, 0.2) is 67.3 Å². The molecular weight excluding hydrogens is 285 g/mol. The Hall–Kier alpha value is -2.49. The second kappa shape index (κ2) is 6.33. The number of nitrogens with zero attached hydrogens (tertiary/aromatic N) is 1. The van der Waals surface area contributed by atoms with E-state index in [0.29, 0.717) is 24.8 Å². The van der Waals surface area contributed by atoms with E-state index in [-0.39, 0.29) is 6.09 Å². The second-order valence-corrected chi connectivity index (χ2v) is 5.72. The van der Waals surface area contributed by atoms with Gasteiger partial charge in [-0.15, -0.1) is 6.58 Å². The fraction of sp³-hybridized carbons (Fsp3) is 0.211. The van der Waals surface area contributed by atoms with Crippen molar-refractivity contribution in [1.82, 2.24) is 0 Å². The molecule has 1 saturated heterocycles. The van der Waals surface area contributed by atoms with Crippen LogP contribution in [0.1, 0.15) is 18.4 Å². The first kappa shape index (κ1) is 15.4. The second-order valence-electron chi connectivity index (χ2n) is 5.72. The van der Waals surface area contributed by atoms with Crippen molar-refractivity contribution in [1.29, 1.82) is 0 Å². The van der Waals surface area contributed by atoms with Gasteiger partial charge in [-0.05, 0) is 17.7 Å². The van der Waals surface area contributed by atoms with E-state index >= 15 is 0 Å². The van der Waals surface area contributed by atoms with Crippen molar-refractivity contribution < 1.29 is 9.53 Å². The fourth-order valence-electron chi connectivity index (χ4n) is 3.02. The van der Waals surface area contributed by atoms with E-state index < -0.39 is 5.60 Å². The Labute approximate surface area is 138 Å². The monoisotopic (exact) mass is 303 g/mol. The molecule has 1 aliphatic rings. The summed E-state index contributed by atoms with van der Waals surface area (Å²) in [5, 5.41) is 0. The number of amides is 1. The highest BCUT2D eigenvalue weighted by Crippen LogP contribution is 2.38. The summed E-state index contributed by atoms with van der Waals surface area (Å²) in [7, 11) is 5.81. The normalized spacial score (nSPS) is 20.9. The van der Waals surface area contributed by atoms with Crippen molar-refractivity contribution in [2.75, 3.05) is 11.4 Å². The van der Waals surface area contributed by atoms with Gasteiger partial charge >= 0.3 is 6.09 Å². The van der Waals surface area contributed by atoms with Gasteiger partial charge in [-0.25, -0.2) is 4.79 Å². The first-order valence-corrected chi connectivity index (χ1v) is 7.67. The minimum atomic E-state index is -0.642. The smallest absolute Gasteiger partial charge is 0.415 e. The third-order valence-corrected chi connectivity index (χ3v) is 4.20. The SMILES string of the molecule is [B]c1cccc(N2CCC(CC=C)(c3ccccc3)OC2=O)c1. The molecule has 0 aliphatic carbocycles. The molecule has 0 N–H and O–H groups in total. The van der Waals surface area contributed by atoms with Crippen LogP contribution in [0.3, 0.4) is 0 Å². The van der Waals surface area contributed by atoms with Gasteiger partial charge in [0, 0.05) is 25.1 Å². The predicted octanol–water partition coefficient (Wildman–Crippen LogP) is 3.30. The molecule has 2 aromatic rings. The number of carbonyl (C=O) groups is 1. The Balaban J connectivity index is 1.89. The summed E-state index contributed by atoms with van der Waals surface area (Å²) in [6.07, 6.45) is 2.74. The molecule has 1 fully saturated rings. The van der Waals surface area contributed by atoms with E-state index in [4.69, 9.17) is 12.6 Å². The van der Waals surface area contributed by atoms with E-state index in [1.54, 1.807) is 23.1 Å². The number of hydrogen-bond acceptors (Lipinski definition) is 2. The zero-order valence-electron chi connectivity index (χ0n) is 12.9. The average molecular weight is 303 g/mol. The minimum Gasteiger partial charge on any atom is -0.437 e. The van der Waals surface area contributed by atoms with Crippen LogP contribution in [0.25, 0.3) is 0 Å². The summed E-state index contributed by atoms with van der Waals surface area (Å²) in [5.41, 5.74) is 1.74. The molecule has 0 aromatic heterocycles. The van der Waals surface area contributed by atoms with E-state index in [2.05, 4.69) is 6.58 Å². The number of hydrogen-bond donors (Lipinski definition) is 0. The van der Waals surface area contributed by atoms with Crippen molar-refractivity contribution in [3.05, 3.63) is 72.8 Å². The number of rotatable bonds is 4. The topological polar surface area (TPSA) is 29.5 Å². The minimum absolute atomic E-state index is 0.354. The maximum atomic E-state index is 12.6. The van der Waals surface area contributed by atoms with Crippen LogP contribution in [-0.2, 0) is 10.3 Å². The summed E-state index contributed by atoms with van der Waals surface area (Å²) in [6, 6.07) is 17.1. The molecule has 3 rings (SSSR count). The van der Waals surface area contributed by atoms with Crippen molar-refractivity contribution in [3.63, 3.8) is 0 Å². The van der Waals surface area contributed by atoms with Gasteiger partial charge in [-0.1, -0.05) is 54.0 Å². The Bertz CT molecular complexity index is 716. The average Bonchev–Trinajstić information content (AvgIpc) is 2.56. The summed E-state index contributed by atoms with van der Waals surface area (Å²) >= 11 is 0. The highest BCUT2D eigenvalue weighted by molar-refractivity contribution is 6.32. The standard InChI is InChI=1S/C19H18BNO2/c1-2-11-19(15-7-4-3-5-8-15)12-13-21(18(22)23-19)17-10-6-9-16(20)14-17/h2-10,14H,1,11-13H2. The Morgan fingerprint density at radius 2 is 2.00 bits per heavy atom. The number of carbonyl (C=O) groups excluding carboxylic acids is 1. The van der Waals surface area contributed by atoms with Gasteiger partial charge in [0.15, 0.2) is 0 Å². The molecule has 0 bridgehead atoms. The van der Waals surface area contributed by atoms with Crippen LogP contribution in [0, 0.1) is 0 Å². The zero-order chi connectivity index (χ0) is 16.3. The number of benzene rings is 2. The molecule has 0 spiro atoms.